The first-order chi connectivity index (χ1) is 18.4. The molecule has 1 fully saturated rings. The van der Waals surface area contributed by atoms with Gasteiger partial charge in [0, 0.05) is 19.3 Å². The number of carboxylic acids is 1. The van der Waals surface area contributed by atoms with Gasteiger partial charge in [-0.1, -0.05) is 42.5 Å². The maximum Gasteiger partial charge on any atom is 0.342 e. The fraction of sp³-hybridized carbons (Fsp3) is 0.333. The topological polar surface area (TPSA) is 86.0 Å². The monoisotopic (exact) mass is 515 g/mol. The molecule has 2 aromatic carbocycles. The molecule has 5 rings (SSSR count). The lowest BCUT2D eigenvalue weighted by Crippen LogP contribution is -2.46. The lowest BCUT2D eigenvalue weighted by molar-refractivity contribution is -0.0670. The van der Waals surface area contributed by atoms with Crippen molar-refractivity contribution in [2.24, 2.45) is 0 Å². The number of hydrogen-bond donors (Lipinski definition) is 1. The zero-order valence-electron chi connectivity index (χ0n) is 22.0. The number of para-hydroxylation sites is 1. The number of nitrogens with zero attached hydrogens (tertiary/aromatic N) is 3. The van der Waals surface area contributed by atoms with E-state index >= 15 is 0 Å². The number of allylic oxidation sites excluding steroid dienone is 3. The summed E-state index contributed by atoms with van der Waals surface area (Å²) in [5.41, 5.74) is 7.59. The van der Waals surface area contributed by atoms with Crippen LogP contribution in [-0.4, -0.2) is 52.1 Å². The van der Waals surface area contributed by atoms with Crippen molar-refractivity contribution >= 4 is 12.2 Å². The lowest BCUT2D eigenvalue weighted by Gasteiger charge is -2.34. The molecule has 0 radical (unpaired) electrons. The molecule has 38 heavy (non-hydrogen) atoms. The van der Waals surface area contributed by atoms with Gasteiger partial charge in [-0.2, -0.15) is 5.10 Å². The van der Waals surface area contributed by atoms with Crippen LogP contribution in [0, 0.1) is 13.8 Å². The Morgan fingerprint density at radius 2 is 2.03 bits per heavy atom. The molecule has 0 amide bonds. The number of ether oxygens (including phenoxy) is 3. The fourth-order valence-electron chi connectivity index (χ4n) is 5.04. The van der Waals surface area contributed by atoms with E-state index in [1.807, 2.05) is 18.2 Å². The van der Waals surface area contributed by atoms with Gasteiger partial charge in [0.2, 0.25) is 5.88 Å². The predicted octanol–water partition coefficient (Wildman–Crippen LogP) is 4.77. The number of aromatic carboxylic acids is 1. The summed E-state index contributed by atoms with van der Waals surface area (Å²) in [6, 6.07) is 11.3. The standard InChI is InChI=1S/C30H33N3O5/c1-20-8-7-10-23(9-5-4-6-11-33-29(36-3)26(14-31-33)30(34)35)28(20)38-17-22-12-21(2)27-16-32(15-24(27)13-22)25-18-37-19-25/h4-8,10-14,25H,9,15-19H2,1-3H3,(H,34,35)/b5-4-,11-6?. The Morgan fingerprint density at radius 3 is 2.76 bits per heavy atom. The second kappa shape index (κ2) is 11.2. The highest BCUT2D eigenvalue weighted by Crippen LogP contribution is 2.31. The number of hydrogen-bond acceptors (Lipinski definition) is 6. The van der Waals surface area contributed by atoms with Crippen LogP contribution < -0.4 is 9.47 Å². The number of aromatic nitrogens is 2. The minimum atomic E-state index is -1.08. The quantitative estimate of drug-likeness (QED) is 0.389. The number of benzene rings is 2. The summed E-state index contributed by atoms with van der Waals surface area (Å²) < 4.78 is 18.3. The van der Waals surface area contributed by atoms with Crippen LogP contribution in [0.2, 0.25) is 0 Å². The van der Waals surface area contributed by atoms with Crippen molar-refractivity contribution < 1.29 is 24.1 Å². The van der Waals surface area contributed by atoms with Gasteiger partial charge in [-0.15, -0.1) is 0 Å². The summed E-state index contributed by atoms with van der Waals surface area (Å²) in [4.78, 5) is 13.8. The largest absolute Gasteiger partial charge is 0.488 e. The van der Waals surface area contributed by atoms with E-state index in [1.165, 1.54) is 40.2 Å². The van der Waals surface area contributed by atoms with Crippen LogP contribution in [0.1, 0.15) is 43.7 Å². The van der Waals surface area contributed by atoms with Gasteiger partial charge >= 0.3 is 5.97 Å². The van der Waals surface area contributed by atoms with Crippen LogP contribution in [0.5, 0.6) is 11.6 Å². The van der Waals surface area contributed by atoms with Gasteiger partial charge in [-0.25, -0.2) is 9.48 Å². The van der Waals surface area contributed by atoms with Crippen molar-refractivity contribution in [3.05, 3.63) is 93.7 Å². The summed E-state index contributed by atoms with van der Waals surface area (Å²) in [7, 11) is 1.42. The Labute approximate surface area is 222 Å². The number of rotatable bonds is 10. The van der Waals surface area contributed by atoms with Crippen LogP contribution in [0.15, 0.2) is 54.8 Å². The maximum atomic E-state index is 11.3. The van der Waals surface area contributed by atoms with Crippen molar-refractivity contribution in [2.45, 2.75) is 46.0 Å². The minimum Gasteiger partial charge on any atom is -0.488 e. The summed E-state index contributed by atoms with van der Waals surface area (Å²) in [6.45, 7) is 8.45. The van der Waals surface area contributed by atoms with E-state index in [1.54, 1.807) is 12.3 Å². The van der Waals surface area contributed by atoms with Gasteiger partial charge in [0.05, 0.1) is 32.6 Å². The van der Waals surface area contributed by atoms with E-state index in [9.17, 15) is 9.90 Å². The molecule has 198 valence electrons. The Balaban J connectivity index is 1.23. The summed E-state index contributed by atoms with van der Waals surface area (Å²) in [6.07, 6.45) is 9.35. The summed E-state index contributed by atoms with van der Waals surface area (Å²) in [5, 5.41) is 13.3. The van der Waals surface area contributed by atoms with Gasteiger partial charge in [-0.3, -0.25) is 4.90 Å². The van der Waals surface area contributed by atoms with Crippen molar-refractivity contribution in [2.75, 3.05) is 20.3 Å². The van der Waals surface area contributed by atoms with Crippen molar-refractivity contribution in [1.29, 1.82) is 0 Å². The molecule has 0 bridgehead atoms. The molecule has 0 atom stereocenters. The second-order valence-electron chi connectivity index (χ2n) is 9.79. The smallest absolute Gasteiger partial charge is 0.342 e. The highest BCUT2D eigenvalue weighted by atomic mass is 16.5. The zero-order valence-corrected chi connectivity index (χ0v) is 22.0. The van der Waals surface area contributed by atoms with E-state index in [2.05, 4.69) is 48.1 Å². The molecular formula is C30H33N3O5. The maximum absolute atomic E-state index is 11.3. The molecule has 1 saturated heterocycles. The van der Waals surface area contributed by atoms with Gasteiger partial charge in [0.1, 0.15) is 17.9 Å². The SMILES string of the molecule is COc1c(C(=O)O)cnn1C=C/C=C\Cc1cccc(C)c1OCc1cc(C)c2c(c1)CN(C1COC1)C2. The number of methoxy groups -OCH3 is 1. The second-order valence-corrected chi connectivity index (χ2v) is 9.79. The molecule has 0 aliphatic carbocycles. The van der Waals surface area contributed by atoms with Crippen molar-refractivity contribution in [3.8, 4) is 11.6 Å². The molecular weight excluding hydrogens is 482 g/mol. The van der Waals surface area contributed by atoms with Crippen molar-refractivity contribution in [3.63, 3.8) is 0 Å². The van der Waals surface area contributed by atoms with Crippen molar-refractivity contribution in [1.82, 2.24) is 14.7 Å². The Bertz CT molecular complexity index is 1390. The average Bonchev–Trinajstić information content (AvgIpc) is 3.46. The summed E-state index contributed by atoms with van der Waals surface area (Å²) >= 11 is 0. The number of fused-ring (bicyclic) bond motifs is 1. The van der Waals surface area contributed by atoms with E-state index in [0.29, 0.717) is 19.1 Å². The molecule has 3 aromatic rings. The third-order valence-electron chi connectivity index (χ3n) is 7.16. The highest BCUT2D eigenvalue weighted by Gasteiger charge is 2.31. The molecule has 8 heteroatoms. The predicted molar refractivity (Wildman–Crippen MR) is 144 cm³/mol. The average molecular weight is 516 g/mol. The Hall–Kier alpha value is -3.88. The van der Waals surface area contributed by atoms with E-state index < -0.39 is 5.97 Å². The molecule has 2 aliphatic heterocycles. The molecule has 3 heterocycles. The molecule has 8 nitrogen and oxygen atoms in total. The van der Waals surface area contributed by atoms with Gasteiger partial charge in [0.25, 0.3) is 0 Å². The Morgan fingerprint density at radius 1 is 1.18 bits per heavy atom. The first-order valence-corrected chi connectivity index (χ1v) is 12.8. The molecule has 0 spiro atoms. The van der Waals surface area contributed by atoms with Crippen LogP contribution >= 0.6 is 0 Å². The van der Waals surface area contributed by atoms with E-state index in [0.717, 1.165) is 43.2 Å². The lowest BCUT2D eigenvalue weighted by atomic mass is 10.0. The number of aryl methyl sites for hydroxylation is 2. The first-order valence-electron chi connectivity index (χ1n) is 12.8. The molecule has 0 saturated carbocycles. The zero-order chi connectivity index (χ0) is 26.6. The molecule has 0 unspecified atom stereocenters. The van der Waals surface area contributed by atoms with Gasteiger partial charge < -0.3 is 19.3 Å². The molecule has 1 aromatic heterocycles. The summed E-state index contributed by atoms with van der Waals surface area (Å²) in [5.74, 6) is 0.0141. The van der Waals surface area contributed by atoms with E-state index in [4.69, 9.17) is 14.2 Å². The minimum absolute atomic E-state index is 0.0199. The third kappa shape index (κ3) is 5.37. The fourth-order valence-corrected chi connectivity index (χ4v) is 5.04. The highest BCUT2D eigenvalue weighted by molar-refractivity contribution is 5.90. The van der Waals surface area contributed by atoms with Crippen LogP contribution in [0.3, 0.4) is 0 Å². The van der Waals surface area contributed by atoms with Crippen LogP contribution in [0.25, 0.3) is 6.20 Å². The third-order valence-corrected chi connectivity index (χ3v) is 7.16. The van der Waals surface area contributed by atoms with Gasteiger partial charge in [0.15, 0.2) is 0 Å². The molecule has 1 N–H and O–H groups in total. The molecule has 2 aliphatic rings. The number of carbonyl (C=O) groups is 1. The van der Waals surface area contributed by atoms with E-state index in [-0.39, 0.29) is 11.4 Å². The van der Waals surface area contributed by atoms with Gasteiger partial charge in [-0.05, 0) is 59.7 Å². The number of carboxylic acid groups (broad SMARTS) is 1. The Kier molecular flexibility index (Phi) is 7.62. The van der Waals surface area contributed by atoms with Crippen LogP contribution in [0.4, 0.5) is 0 Å². The first kappa shape index (κ1) is 25.8. The normalized spacial score (nSPS) is 15.8. The van der Waals surface area contributed by atoms with Crippen LogP contribution in [-0.2, 0) is 30.9 Å².